The molecule has 6 heteroatoms. The number of halogens is 1. The molecule has 102 valence electrons. The summed E-state index contributed by atoms with van der Waals surface area (Å²) in [6.07, 6.45) is 1.12. The Morgan fingerprint density at radius 1 is 1.15 bits per heavy atom. The van der Waals surface area contributed by atoms with E-state index in [0.29, 0.717) is 5.69 Å². The SMILES string of the molecule is CS(=O)(=O)c1ccc(Nc2ccc(C#N)cc2F)cc1. The molecule has 2 aromatic rings. The summed E-state index contributed by atoms with van der Waals surface area (Å²) in [6.45, 7) is 0. The third kappa shape index (κ3) is 3.13. The zero-order valence-electron chi connectivity index (χ0n) is 10.6. The van der Waals surface area contributed by atoms with Crippen LogP contribution < -0.4 is 5.32 Å². The van der Waals surface area contributed by atoms with Crippen LogP contribution in [0.25, 0.3) is 0 Å². The van der Waals surface area contributed by atoms with Gasteiger partial charge in [0.1, 0.15) is 5.82 Å². The van der Waals surface area contributed by atoms with Crippen molar-refractivity contribution in [3.63, 3.8) is 0 Å². The predicted octanol–water partition coefficient (Wildman–Crippen LogP) is 2.84. The second kappa shape index (κ2) is 5.31. The molecule has 0 aliphatic rings. The highest BCUT2D eigenvalue weighted by molar-refractivity contribution is 7.90. The normalized spacial score (nSPS) is 10.8. The minimum atomic E-state index is -3.25. The number of anilines is 2. The molecule has 2 rings (SSSR count). The van der Waals surface area contributed by atoms with Crippen LogP contribution in [0.15, 0.2) is 47.4 Å². The monoisotopic (exact) mass is 290 g/mol. The van der Waals surface area contributed by atoms with E-state index in [1.165, 1.54) is 24.3 Å². The van der Waals surface area contributed by atoms with Gasteiger partial charge in [-0.1, -0.05) is 0 Å². The lowest BCUT2D eigenvalue weighted by Crippen LogP contribution is -1.98. The molecule has 0 saturated heterocycles. The molecule has 0 spiro atoms. The van der Waals surface area contributed by atoms with Crippen molar-refractivity contribution in [1.82, 2.24) is 0 Å². The maximum absolute atomic E-state index is 13.7. The molecule has 0 bridgehead atoms. The van der Waals surface area contributed by atoms with Crippen molar-refractivity contribution in [3.8, 4) is 6.07 Å². The first-order chi connectivity index (χ1) is 9.40. The quantitative estimate of drug-likeness (QED) is 0.943. The van der Waals surface area contributed by atoms with Crippen LogP contribution in [0.1, 0.15) is 5.56 Å². The fourth-order valence-electron chi connectivity index (χ4n) is 1.63. The molecule has 0 amide bonds. The maximum Gasteiger partial charge on any atom is 0.175 e. The molecule has 20 heavy (non-hydrogen) atoms. The highest BCUT2D eigenvalue weighted by atomic mass is 32.2. The predicted molar refractivity (Wildman–Crippen MR) is 73.9 cm³/mol. The van der Waals surface area contributed by atoms with Gasteiger partial charge in [-0.3, -0.25) is 0 Å². The lowest BCUT2D eigenvalue weighted by atomic mass is 10.2. The number of rotatable bonds is 3. The molecular weight excluding hydrogens is 279 g/mol. The average Bonchev–Trinajstić information content (AvgIpc) is 2.40. The first-order valence-corrected chi connectivity index (χ1v) is 7.56. The number of hydrogen-bond donors (Lipinski definition) is 1. The van der Waals surface area contributed by atoms with Crippen molar-refractivity contribution in [2.45, 2.75) is 4.90 Å². The Bertz CT molecular complexity index is 778. The van der Waals surface area contributed by atoms with Gasteiger partial charge in [0.15, 0.2) is 9.84 Å². The topological polar surface area (TPSA) is 70.0 Å². The van der Waals surface area contributed by atoms with E-state index in [-0.39, 0.29) is 16.1 Å². The minimum Gasteiger partial charge on any atom is -0.353 e. The van der Waals surface area contributed by atoms with Crippen LogP contribution in [-0.4, -0.2) is 14.7 Å². The summed E-state index contributed by atoms with van der Waals surface area (Å²) in [5.74, 6) is -0.545. The molecule has 0 aromatic heterocycles. The molecule has 4 nitrogen and oxygen atoms in total. The Morgan fingerprint density at radius 3 is 2.30 bits per heavy atom. The van der Waals surface area contributed by atoms with Gasteiger partial charge in [-0.05, 0) is 42.5 Å². The number of hydrogen-bond acceptors (Lipinski definition) is 4. The van der Waals surface area contributed by atoms with Crippen molar-refractivity contribution in [2.75, 3.05) is 11.6 Å². The van der Waals surface area contributed by atoms with E-state index in [1.807, 2.05) is 6.07 Å². The van der Waals surface area contributed by atoms with E-state index in [1.54, 1.807) is 12.1 Å². The largest absolute Gasteiger partial charge is 0.353 e. The second-order valence-electron chi connectivity index (χ2n) is 4.23. The van der Waals surface area contributed by atoms with E-state index in [2.05, 4.69) is 5.32 Å². The van der Waals surface area contributed by atoms with E-state index in [0.717, 1.165) is 12.3 Å². The van der Waals surface area contributed by atoms with E-state index < -0.39 is 15.7 Å². The van der Waals surface area contributed by atoms with Gasteiger partial charge in [0.05, 0.1) is 22.2 Å². The third-order valence-corrected chi connectivity index (χ3v) is 3.79. The third-order valence-electron chi connectivity index (χ3n) is 2.66. The molecule has 0 aliphatic heterocycles. The zero-order valence-corrected chi connectivity index (χ0v) is 11.4. The molecule has 2 aromatic carbocycles. The lowest BCUT2D eigenvalue weighted by Gasteiger charge is -2.08. The summed E-state index contributed by atoms with van der Waals surface area (Å²) >= 11 is 0. The van der Waals surface area contributed by atoms with Gasteiger partial charge in [-0.25, -0.2) is 12.8 Å². The highest BCUT2D eigenvalue weighted by Gasteiger charge is 2.07. The van der Waals surface area contributed by atoms with Crippen LogP contribution in [0.2, 0.25) is 0 Å². The Balaban J connectivity index is 2.25. The van der Waals surface area contributed by atoms with Crippen molar-refractivity contribution < 1.29 is 12.8 Å². The van der Waals surface area contributed by atoms with Crippen LogP contribution in [0.3, 0.4) is 0 Å². The summed E-state index contributed by atoms with van der Waals surface area (Å²) in [4.78, 5) is 0.198. The zero-order chi connectivity index (χ0) is 14.8. The number of nitrogens with zero attached hydrogens (tertiary/aromatic N) is 1. The van der Waals surface area contributed by atoms with Gasteiger partial charge in [0.25, 0.3) is 0 Å². The number of benzene rings is 2. The molecule has 0 atom stereocenters. The van der Waals surface area contributed by atoms with Gasteiger partial charge in [-0.15, -0.1) is 0 Å². The molecule has 0 saturated carbocycles. The van der Waals surface area contributed by atoms with Crippen LogP contribution >= 0.6 is 0 Å². The Kier molecular flexibility index (Phi) is 3.72. The Labute approximate surface area is 116 Å². The van der Waals surface area contributed by atoms with E-state index >= 15 is 0 Å². The van der Waals surface area contributed by atoms with Gasteiger partial charge < -0.3 is 5.32 Å². The molecule has 0 fully saturated rings. The highest BCUT2D eigenvalue weighted by Crippen LogP contribution is 2.22. The summed E-state index contributed by atoms with van der Waals surface area (Å²) in [6, 6.07) is 11.9. The first-order valence-electron chi connectivity index (χ1n) is 5.67. The van der Waals surface area contributed by atoms with Crippen LogP contribution in [0.5, 0.6) is 0 Å². The number of nitrogens with one attached hydrogen (secondary N) is 1. The van der Waals surface area contributed by atoms with Gasteiger partial charge in [0.2, 0.25) is 0 Å². The maximum atomic E-state index is 13.7. The molecule has 0 radical (unpaired) electrons. The molecule has 1 N–H and O–H groups in total. The van der Waals surface area contributed by atoms with Crippen molar-refractivity contribution in [3.05, 3.63) is 53.8 Å². The average molecular weight is 290 g/mol. The smallest absolute Gasteiger partial charge is 0.175 e. The van der Waals surface area contributed by atoms with Crippen molar-refractivity contribution >= 4 is 21.2 Å². The summed E-state index contributed by atoms with van der Waals surface area (Å²) in [5, 5.41) is 11.5. The fraction of sp³-hybridized carbons (Fsp3) is 0.0714. The number of sulfone groups is 1. The Morgan fingerprint density at radius 2 is 1.80 bits per heavy atom. The Hall–Kier alpha value is -2.39. The van der Waals surface area contributed by atoms with Gasteiger partial charge >= 0.3 is 0 Å². The second-order valence-corrected chi connectivity index (χ2v) is 6.24. The molecular formula is C14H11FN2O2S. The van der Waals surface area contributed by atoms with Crippen LogP contribution in [0.4, 0.5) is 15.8 Å². The number of nitriles is 1. The standard InChI is InChI=1S/C14H11FN2O2S/c1-20(18,19)12-5-3-11(4-6-12)17-14-7-2-10(9-16)8-13(14)15/h2-8,17H,1H3. The fourth-order valence-corrected chi connectivity index (χ4v) is 2.26. The molecule has 0 heterocycles. The van der Waals surface area contributed by atoms with Crippen LogP contribution in [0, 0.1) is 17.1 Å². The van der Waals surface area contributed by atoms with E-state index in [9.17, 15) is 12.8 Å². The minimum absolute atomic E-state index is 0.198. The first kappa shape index (κ1) is 14.0. The van der Waals surface area contributed by atoms with E-state index in [4.69, 9.17) is 5.26 Å². The van der Waals surface area contributed by atoms with Gasteiger partial charge in [0, 0.05) is 11.9 Å². The summed E-state index contributed by atoms with van der Waals surface area (Å²) in [5.41, 5.74) is 1.01. The van der Waals surface area contributed by atoms with Crippen molar-refractivity contribution in [2.24, 2.45) is 0 Å². The van der Waals surface area contributed by atoms with Gasteiger partial charge in [-0.2, -0.15) is 5.26 Å². The summed E-state index contributed by atoms with van der Waals surface area (Å²) in [7, 11) is -3.25. The summed E-state index contributed by atoms with van der Waals surface area (Å²) < 4.78 is 36.3. The lowest BCUT2D eigenvalue weighted by molar-refractivity contribution is 0.602. The molecule has 0 aliphatic carbocycles. The molecule has 0 unspecified atom stereocenters. The van der Waals surface area contributed by atoms with Crippen LogP contribution in [-0.2, 0) is 9.84 Å². The van der Waals surface area contributed by atoms with Crippen molar-refractivity contribution in [1.29, 1.82) is 5.26 Å².